The van der Waals surface area contributed by atoms with E-state index in [1.54, 1.807) is 19.3 Å². The van der Waals surface area contributed by atoms with Gasteiger partial charge in [-0.05, 0) is 49.8 Å². The molecule has 8 nitrogen and oxygen atoms in total. The first-order valence-corrected chi connectivity index (χ1v) is 11.1. The predicted molar refractivity (Wildman–Crippen MR) is 124 cm³/mol. The molecule has 0 bridgehead atoms. The van der Waals surface area contributed by atoms with Crippen LogP contribution in [0.2, 0.25) is 0 Å². The van der Waals surface area contributed by atoms with Gasteiger partial charge in [0.1, 0.15) is 11.3 Å². The molecule has 0 atom stereocenters. The second kappa shape index (κ2) is 8.61. The van der Waals surface area contributed by atoms with Gasteiger partial charge in [-0.15, -0.1) is 10.2 Å². The summed E-state index contributed by atoms with van der Waals surface area (Å²) in [5.41, 5.74) is 3.83. The number of carbonyl (C=O) groups is 1. The number of fused-ring (bicyclic) bond motifs is 2. The zero-order valence-electron chi connectivity index (χ0n) is 18.3. The fourth-order valence-corrected chi connectivity index (χ4v) is 4.66. The Morgan fingerprint density at radius 2 is 2.00 bits per heavy atom. The molecule has 0 spiro atoms. The Labute approximate surface area is 190 Å². The number of piperidine rings is 1. The Kier molecular flexibility index (Phi) is 5.50. The second-order valence-electron chi connectivity index (χ2n) is 8.44. The molecule has 2 aliphatic rings. The molecule has 2 aromatic carbocycles. The third-order valence-electron chi connectivity index (χ3n) is 6.54. The Balaban J connectivity index is 1.43. The van der Waals surface area contributed by atoms with Crippen molar-refractivity contribution in [2.45, 2.75) is 25.7 Å². The van der Waals surface area contributed by atoms with Crippen molar-refractivity contribution in [3.05, 3.63) is 53.3 Å². The maximum absolute atomic E-state index is 11.2. The van der Waals surface area contributed by atoms with Gasteiger partial charge in [0, 0.05) is 30.3 Å². The summed E-state index contributed by atoms with van der Waals surface area (Å²) in [6.07, 6.45) is 4.15. The minimum atomic E-state index is -0.850. The number of aromatic hydroxyl groups is 1. The normalized spacial score (nSPS) is 17.1. The summed E-state index contributed by atoms with van der Waals surface area (Å²) in [7, 11) is 1.62. The molecule has 0 aliphatic carbocycles. The van der Waals surface area contributed by atoms with E-state index in [9.17, 15) is 9.90 Å². The maximum atomic E-state index is 11.2. The lowest BCUT2D eigenvalue weighted by atomic mass is 9.90. The topological polar surface area (TPSA) is 108 Å². The van der Waals surface area contributed by atoms with Crippen LogP contribution in [0.4, 0.5) is 10.5 Å². The van der Waals surface area contributed by atoms with Gasteiger partial charge in [0.15, 0.2) is 11.5 Å². The molecule has 170 valence electrons. The average molecular weight is 447 g/mol. The second-order valence-corrected chi connectivity index (χ2v) is 8.44. The van der Waals surface area contributed by atoms with Gasteiger partial charge >= 0.3 is 6.09 Å². The summed E-state index contributed by atoms with van der Waals surface area (Å²) in [5, 5.41) is 29.1. The Bertz CT molecular complexity index is 1270. The molecule has 1 amide bonds. The summed E-state index contributed by atoms with van der Waals surface area (Å²) in [5.74, 6) is 1.54. The molecule has 8 heteroatoms. The molecule has 3 heterocycles. The van der Waals surface area contributed by atoms with Crippen molar-refractivity contribution in [1.82, 2.24) is 4.90 Å². The van der Waals surface area contributed by atoms with Gasteiger partial charge in [-0.2, -0.15) is 0 Å². The first kappa shape index (κ1) is 21.1. The lowest BCUT2D eigenvalue weighted by Gasteiger charge is -2.30. The number of likely N-dealkylation sites (tertiary alicyclic amines) is 1. The van der Waals surface area contributed by atoms with Gasteiger partial charge in [-0.1, -0.05) is 18.2 Å². The number of hydrogen-bond donors (Lipinski definition) is 2. The van der Waals surface area contributed by atoms with E-state index < -0.39 is 6.09 Å². The summed E-state index contributed by atoms with van der Waals surface area (Å²) < 4.78 is 11.7. The maximum Gasteiger partial charge on any atom is 0.407 e. The smallest absolute Gasteiger partial charge is 0.407 e. The van der Waals surface area contributed by atoms with Crippen LogP contribution in [0.25, 0.3) is 22.7 Å². The van der Waals surface area contributed by atoms with Gasteiger partial charge in [-0.3, -0.25) is 0 Å². The highest BCUT2D eigenvalue weighted by Gasteiger charge is 2.24. The Hall–Kier alpha value is -3.81. The number of benzene rings is 2. The number of rotatable bonds is 5. The van der Waals surface area contributed by atoms with Crippen LogP contribution in [0.1, 0.15) is 36.1 Å². The average Bonchev–Trinajstić information content (AvgIpc) is 3.39. The van der Waals surface area contributed by atoms with Crippen molar-refractivity contribution in [1.29, 1.82) is 0 Å². The van der Waals surface area contributed by atoms with E-state index in [-0.39, 0.29) is 5.75 Å². The standard InChI is InChI=1S/C25H25N3O5/c1-32-21-9-8-18-23(29)22(14-20-16-4-2-3-5-19(16)26-27-20)33-24(18)17(21)7-6-15-10-12-28(13-11-15)25(30)31/h2-5,8-9,14-15,29H,6-7,10-13H2,1H3,(H,30,31). The van der Waals surface area contributed by atoms with Crippen molar-refractivity contribution >= 4 is 34.5 Å². The third-order valence-corrected chi connectivity index (χ3v) is 6.54. The van der Waals surface area contributed by atoms with E-state index in [1.807, 2.05) is 30.3 Å². The third kappa shape index (κ3) is 3.92. The number of aryl methyl sites for hydroxylation is 1. The van der Waals surface area contributed by atoms with Crippen LogP contribution in [-0.2, 0) is 6.42 Å². The quantitative estimate of drug-likeness (QED) is 0.494. The SMILES string of the molecule is COc1ccc2c(O)c(C=C3N=Nc4ccccc43)oc2c1CCC1CCN(C(=O)O)CC1. The van der Waals surface area contributed by atoms with Crippen molar-refractivity contribution in [3.63, 3.8) is 0 Å². The number of carboxylic acid groups (broad SMARTS) is 1. The molecule has 0 radical (unpaired) electrons. The Morgan fingerprint density at radius 3 is 2.76 bits per heavy atom. The Morgan fingerprint density at radius 1 is 1.21 bits per heavy atom. The largest absolute Gasteiger partial charge is 0.504 e. The first-order valence-electron chi connectivity index (χ1n) is 11.1. The zero-order chi connectivity index (χ0) is 22.9. The van der Waals surface area contributed by atoms with E-state index in [0.717, 1.165) is 36.1 Å². The zero-order valence-corrected chi connectivity index (χ0v) is 18.3. The van der Waals surface area contributed by atoms with Gasteiger partial charge in [0.2, 0.25) is 0 Å². The first-order chi connectivity index (χ1) is 16.0. The molecule has 5 rings (SSSR count). The number of nitrogens with zero attached hydrogens (tertiary/aromatic N) is 3. The van der Waals surface area contributed by atoms with Crippen molar-refractivity contribution in [2.24, 2.45) is 16.1 Å². The van der Waals surface area contributed by atoms with Gasteiger partial charge in [0.05, 0.1) is 23.9 Å². The molecule has 0 saturated carbocycles. The van der Waals surface area contributed by atoms with E-state index in [2.05, 4.69) is 10.2 Å². The van der Waals surface area contributed by atoms with E-state index in [4.69, 9.17) is 14.3 Å². The number of hydrogen-bond acceptors (Lipinski definition) is 6. The van der Waals surface area contributed by atoms with Crippen LogP contribution in [0.5, 0.6) is 11.5 Å². The van der Waals surface area contributed by atoms with E-state index in [1.165, 1.54) is 4.90 Å². The molecule has 0 unspecified atom stereocenters. The van der Waals surface area contributed by atoms with E-state index in [0.29, 0.717) is 53.6 Å². The highest BCUT2D eigenvalue weighted by Crippen LogP contribution is 2.42. The molecule has 3 aromatic rings. The molecule has 1 aromatic heterocycles. The summed E-state index contributed by atoms with van der Waals surface area (Å²) in [4.78, 5) is 12.6. The molecule has 33 heavy (non-hydrogen) atoms. The molecular formula is C25H25N3O5. The van der Waals surface area contributed by atoms with Crippen LogP contribution in [0, 0.1) is 5.92 Å². The fourth-order valence-electron chi connectivity index (χ4n) is 4.66. The molecule has 2 aliphatic heterocycles. The van der Waals surface area contributed by atoms with E-state index >= 15 is 0 Å². The highest BCUT2D eigenvalue weighted by atomic mass is 16.5. The van der Waals surface area contributed by atoms with Crippen LogP contribution in [0.3, 0.4) is 0 Å². The van der Waals surface area contributed by atoms with Gasteiger partial charge < -0.3 is 24.3 Å². The summed E-state index contributed by atoms with van der Waals surface area (Å²) in [6.45, 7) is 1.13. The predicted octanol–water partition coefficient (Wildman–Crippen LogP) is 6.07. The van der Waals surface area contributed by atoms with Gasteiger partial charge in [0.25, 0.3) is 0 Å². The number of furan rings is 1. The molecule has 1 fully saturated rings. The summed E-state index contributed by atoms with van der Waals surface area (Å²) >= 11 is 0. The van der Waals surface area contributed by atoms with Crippen molar-refractivity contribution < 1.29 is 24.2 Å². The molecular weight excluding hydrogens is 422 g/mol. The number of methoxy groups -OCH3 is 1. The number of azo groups is 1. The van der Waals surface area contributed by atoms with Crippen LogP contribution in [0.15, 0.2) is 51.0 Å². The highest BCUT2D eigenvalue weighted by molar-refractivity contribution is 5.95. The van der Waals surface area contributed by atoms with Crippen LogP contribution >= 0.6 is 0 Å². The lowest BCUT2D eigenvalue weighted by Crippen LogP contribution is -2.37. The fraction of sp³-hybridized carbons (Fsp3) is 0.320. The van der Waals surface area contributed by atoms with Gasteiger partial charge in [-0.25, -0.2) is 4.79 Å². The van der Waals surface area contributed by atoms with Crippen molar-refractivity contribution in [3.8, 4) is 11.5 Å². The molecule has 2 N–H and O–H groups in total. The lowest BCUT2D eigenvalue weighted by molar-refractivity contribution is 0.123. The number of amides is 1. The monoisotopic (exact) mass is 447 g/mol. The minimum absolute atomic E-state index is 0.0655. The van der Waals surface area contributed by atoms with Crippen LogP contribution < -0.4 is 4.74 Å². The van der Waals surface area contributed by atoms with Crippen LogP contribution in [-0.4, -0.2) is 41.4 Å². The number of ether oxygens (including phenoxy) is 1. The molecule has 1 saturated heterocycles. The summed E-state index contributed by atoms with van der Waals surface area (Å²) in [6, 6.07) is 11.3. The minimum Gasteiger partial charge on any atom is -0.504 e. The van der Waals surface area contributed by atoms with Crippen molar-refractivity contribution in [2.75, 3.05) is 20.2 Å².